The van der Waals surface area contributed by atoms with Crippen LogP contribution in [0.1, 0.15) is 59.8 Å². The van der Waals surface area contributed by atoms with Gasteiger partial charge in [-0.1, -0.05) is 34.1 Å². The van der Waals surface area contributed by atoms with Crippen molar-refractivity contribution in [3.63, 3.8) is 0 Å². The van der Waals surface area contributed by atoms with Crippen LogP contribution < -0.4 is 5.32 Å². The van der Waals surface area contributed by atoms with E-state index in [0.717, 1.165) is 38.5 Å². The van der Waals surface area contributed by atoms with Gasteiger partial charge in [0.2, 0.25) is 0 Å². The van der Waals surface area contributed by atoms with Gasteiger partial charge in [-0.05, 0) is 38.1 Å². The van der Waals surface area contributed by atoms with Gasteiger partial charge in [0.15, 0.2) is 0 Å². The van der Waals surface area contributed by atoms with E-state index in [1.165, 1.54) is 19.3 Å². The van der Waals surface area contributed by atoms with E-state index in [4.69, 9.17) is 4.74 Å². The molecule has 0 heterocycles. The highest BCUT2D eigenvalue weighted by molar-refractivity contribution is 4.69. The van der Waals surface area contributed by atoms with E-state index in [2.05, 4.69) is 33.0 Å². The predicted octanol–water partition coefficient (Wildman–Crippen LogP) is 3.61. The van der Waals surface area contributed by atoms with Gasteiger partial charge in [0.25, 0.3) is 0 Å². The third-order valence-corrected chi connectivity index (χ3v) is 3.03. The Morgan fingerprint density at radius 3 is 2.38 bits per heavy atom. The molecule has 1 N–H and O–H groups in total. The highest BCUT2D eigenvalue weighted by Gasteiger charge is 2.11. The Balaban J connectivity index is 3.71. The van der Waals surface area contributed by atoms with Gasteiger partial charge in [-0.15, -0.1) is 0 Å². The van der Waals surface area contributed by atoms with Gasteiger partial charge >= 0.3 is 0 Å². The van der Waals surface area contributed by atoms with Gasteiger partial charge in [0.1, 0.15) is 0 Å². The monoisotopic (exact) mass is 229 g/mol. The molecule has 16 heavy (non-hydrogen) atoms. The summed E-state index contributed by atoms with van der Waals surface area (Å²) < 4.78 is 5.57. The van der Waals surface area contributed by atoms with E-state index in [1.807, 2.05) is 0 Å². The smallest absolute Gasteiger partial charge is 0.0480 e. The van der Waals surface area contributed by atoms with E-state index >= 15 is 0 Å². The summed E-state index contributed by atoms with van der Waals surface area (Å²) >= 11 is 0. The Morgan fingerprint density at radius 1 is 1.06 bits per heavy atom. The predicted molar refractivity (Wildman–Crippen MR) is 71.9 cm³/mol. The number of hydrogen-bond donors (Lipinski definition) is 1. The molecule has 0 aromatic carbocycles. The maximum absolute atomic E-state index is 5.57. The molecule has 0 aromatic heterocycles. The molecule has 0 amide bonds. The highest BCUT2D eigenvalue weighted by atomic mass is 16.5. The molecule has 2 atom stereocenters. The van der Waals surface area contributed by atoms with Crippen molar-refractivity contribution >= 4 is 0 Å². The summed E-state index contributed by atoms with van der Waals surface area (Å²) in [4.78, 5) is 0. The van der Waals surface area contributed by atoms with Gasteiger partial charge < -0.3 is 10.1 Å². The van der Waals surface area contributed by atoms with Crippen molar-refractivity contribution in [2.24, 2.45) is 5.92 Å². The summed E-state index contributed by atoms with van der Waals surface area (Å²) in [6.45, 7) is 11.9. The lowest BCUT2D eigenvalue weighted by Crippen LogP contribution is -2.32. The molecule has 0 rings (SSSR count). The SMILES string of the molecule is CCCNC(CCOCCC)CC(C)CC. The van der Waals surface area contributed by atoms with Crippen molar-refractivity contribution < 1.29 is 4.74 Å². The molecule has 2 nitrogen and oxygen atoms in total. The van der Waals surface area contributed by atoms with E-state index in [1.54, 1.807) is 0 Å². The van der Waals surface area contributed by atoms with Crippen molar-refractivity contribution in [3.05, 3.63) is 0 Å². The maximum Gasteiger partial charge on any atom is 0.0480 e. The summed E-state index contributed by atoms with van der Waals surface area (Å²) in [5.74, 6) is 0.820. The van der Waals surface area contributed by atoms with Crippen LogP contribution in [0.4, 0.5) is 0 Å². The van der Waals surface area contributed by atoms with Crippen LogP contribution in [-0.4, -0.2) is 25.8 Å². The van der Waals surface area contributed by atoms with Crippen molar-refractivity contribution in [2.45, 2.75) is 65.8 Å². The van der Waals surface area contributed by atoms with Gasteiger partial charge in [-0.2, -0.15) is 0 Å². The third-order valence-electron chi connectivity index (χ3n) is 3.03. The molecule has 0 radical (unpaired) electrons. The second kappa shape index (κ2) is 11.4. The topological polar surface area (TPSA) is 21.3 Å². The summed E-state index contributed by atoms with van der Waals surface area (Å²) in [5.41, 5.74) is 0. The molecular weight excluding hydrogens is 198 g/mol. The Labute approximate surface area is 102 Å². The Morgan fingerprint density at radius 2 is 1.81 bits per heavy atom. The fraction of sp³-hybridized carbons (Fsp3) is 1.00. The molecule has 0 saturated heterocycles. The lowest BCUT2D eigenvalue weighted by Gasteiger charge is -2.21. The van der Waals surface area contributed by atoms with Gasteiger partial charge in [0.05, 0.1) is 0 Å². The summed E-state index contributed by atoms with van der Waals surface area (Å²) in [7, 11) is 0. The molecule has 0 aromatic rings. The lowest BCUT2D eigenvalue weighted by atomic mass is 9.97. The van der Waals surface area contributed by atoms with E-state index < -0.39 is 0 Å². The second-order valence-corrected chi connectivity index (χ2v) is 4.80. The molecule has 0 bridgehead atoms. The fourth-order valence-electron chi connectivity index (χ4n) is 1.78. The molecule has 0 saturated carbocycles. The lowest BCUT2D eigenvalue weighted by molar-refractivity contribution is 0.122. The number of rotatable bonds is 11. The van der Waals surface area contributed by atoms with E-state index in [0.29, 0.717) is 6.04 Å². The van der Waals surface area contributed by atoms with Gasteiger partial charge in [-0.25, -0.2) is 0 Å². The minimum Gasteiger partial charge on any atom is -0.381 e. The van der Waals surface area contributed by atoms with Crippen LogP contribution in [0, 0.1) is 5.92 Å². The first-order chi connectivity index (χ1) is 7.74. The maximum atomic E-state index is 5.57. The Hall–Kier alpha value is -0.0800. The van der Waals surface area contributed by atoms with Crippen LogP contribution in [0.15, 0.2) is 0 Å². The third kappa shape index (κ3) is 9.17. The first-order valence-electron chi connectivity index (χ1n) is 7.05. The molecule has 0 spiro atoms. The minimum atomic E-state index is 0.645. The van der Waals surface area contributed by atoms with Crippen LogP contribution in [0.2, 0.25) is 0 Å². The average molecular weight is 229 g/mol. The molecule has 2 heteroatoms. The zero-order valence-corrected chi connectivity index (χ0v) is 11.7. The van der Waals surface area contributed by atoms with Gasteiger partial charge in [0, 0.05) is 19.3 Å². The standard InChI is InChI=1S/C14H31NO/c1-5-9-15-14(12-13(4)7-3)8-11-16-10-6-2/h13-15H,5-12H2,1-4H3. The van der Waals surface area contributed by atoms with E-state index in [9.17, 15) is 0 Å². The van der Waals surface area contributed by atoms with Crippen molar-refractivity contribution in [3.8, 4) is 0 Å². The van der Waals surface area contributed by atoms with Crippen molar-refractivity contribution in [1.82, 2.24) is 5.32 Å². The largest absolute Gasteiger partial charge is 0.381 e. The number of hydrogen-bond acceptors (Lipinski definition) is 2. The first kappa shape index (κ1) is 15.9. The van der Waals surface area contributed by atoms with Crippen LogP contribution in [0.25, 0.3) is 0 Å². The summed E-state index contributed by atoms with van der Waals surface area (Å²) in [5, 5.41) is 3.63. The molecule has 2 unspecified atom stereocenters. The summed E-state index contributed by atoms with van der Waals surface area (Å²) in [6.07, 6.45) is 6.06. The Bertz CT molecular complexity index is 139. The molecule has 0 aliphatic heterocycles. The van der Waals surface area contributed by atoms with E-state index in [-0.39, 0.29) is 0 Å². The van der Waals surface area contributed by atoms with Gasteiger partial charge in [-0.3, -0.25) is 0 Å². The summed E-state index contributed by atoms with van der Waals surface area (Å²) in [6, 6.07) is 0.645. The quantitative estimate of drug-likeness (QED) is 0.547. The second-order valence-electron chi connectivity index (χ2n) is 4.80. The normalized spacial score (nSPS) is 15.0. The number of nitrogens with one attached hydrogen (secondary N) is 1. The fourth-order valence-corrected chi connectivity index (χ4v) is 1.78. The molecular formula is C14H31NO. The van der Waals surface area contributed by atoms with Crippen molar-refractivity contribution in [2.75, 3.05) is 19.8 Å². The average Bonchev–Trinajstić information content (AvgIpc) is 2.30. The van der Waals surface area contributed by atoms with Crippen LogP contribution in [0.5, 0.6) is 0 Å². The van der Waals surface area contributed by atoms with Crippen LogP contribution in [-0.2, 0) is 4.74 Å². The van der Waals surface area contributed by atoms with Crippen LogP contribution in [0.3, 0.4) is 0 Å². The molecule has 0 fully saturated rings. The zero-order chi connectivity index (χ0) is 12.2. The highest BCUT2D eigenvalue weighted by Crippen LogP contribution is 2.12. The minimum absolute atomic E-state index is 0.645. The Kier molecular flexibility index (Phi) is 11.3. The molecule has 98 valence electrons. The molecule has 0 aliphatic carbocycles. The number of ether oxygens (including phenoxy) is 1. The van der Waals surface area contributed by atoms with Crippen molar-refractivity contribution in [1.29, 1.82) is 0 Å². The first-order valence-corrected chi connectivity index (χ1v) is 7.05. The van der Waals surface area contributed by atoms with Crippen LogP contribution >= 0.6 is 0 Å². The molecule has 0 aliphatic rings. The zero-order valence-electron chi connectivity index (χ0n) is 11.7.